The Hall–Kier alpha value is -3.83. The molecule has 44 heavy (non-hydrogen) atoms. The number of carbonyl (C=O) groups excluding carboxylic acids is 1. The summed E-state index contributed by atoms with van der Waals surface area (Å²) in [5, 5.41) is 7.00. The number of hydrogen-bond donors (Lipinski definition) is 2. The molecule has 8 nitrogen and oxygen atoms in total. The van der Waals surface area contributed by atoms with Crippen molar-refractivity contribution in [2.24, 2.45) is 5.92 Å². The van der Waals surface area contributed by atoms with Gasteiger partial charge in [-0.2, -0.15) is 13.2 Å². The van der Waals surface area contributed by atoms with Gasteiger partial charge in [-0.3, -0.25) is 9.69 Å². The van der Waals surface area contributed by atoms with Crippen molar-refractivity contribution in [1.29, 1.82) is 0 Å². The average molecular weight is 624 g/mol. The van der Waals surface area contributed by atoms with Crippen LogP contribution in [0, 0.1) is 5.92 Å². The molecule has 2 atom stereocenters. The summed E-state index contributed by atoms with van der Waals surface area (Å²) < 4.78 is 40.8. The van der Waals surface area contributed by atoms with Gasteiger partial charge in [-0.25, -0.2) is 9.97 Å². The van der Waals surface area contributed by atoms with Crippen molar-refractivity contribution in [3.63, 3.8) is 0 Å². The number of fused-ring (bicyclic) bond motifs is 1. The fourth-order valence-corrected chi connectivity index (χ4v) is 6.32. The topological polar surface area (TPSA) is 77.8 Å². The molecule has 1 aromatic carbocycles. The number of anilines is 3. The van der Waals surface area contributed by atoms with Crippen LogP contribution in [0.3, 0.4) is 0 Å². The van der Waals surface area contributed by atoms with E-state index in [4.69, 9.17) is 16.6 Å². The summed E-state index contributed by atoms with van der Waals surface area (Å²) in [5.74, 6) is 1.01. The van der Waals surface area contributed by atoms with E-state index in [1.54, 1.807) is 6.20 Å². The Bertz CT molecular complexity index is 1680. The van der Waals surface area contributed by atoms with Crippen LogP contribution < -0.4 is 15.5 Å². The zero-order valence-corrected chi connectivity index (χ0v) is 24.8. The lowest BCUT2D eigenvalue weighted by Gasteiger charge is -2.36. The molecular weight excluding hydrogens is 591 g/mol. The number of hydrogen-bond acceptors (Lipinski definition) is 6. The van der Waals surface area contributed by atoms with Crippen LogP contribution in [-0.2, 0) is 11.3 Å². The van der Waals surface area contributed by atoms with Gasteiger partial charge in [0.25, 0.3) is 0 Å². The van der Waals surface area contributed by atoms with Gasteiger partial charge in [-0.15, -0.1) is 0 Å². The standard InChI is InChI=1S/C32H33ClF3N7O/c33-23-3-1-2-21(12-23)26-15-27(26)31(44)40-29-14-24(6-7-37-29)38-16-25-18-43-17-22(20-4-5-20)13-28(30(43)39-25)42-10-8-41(9-11-42)19-32(34,35)36/h1-3,6-7,12-14,17-18,20,26-27H,4-5,8-11,15-16,19H2,(H2,37,38,40,44)/t26-,27+/m1/s1. The van der Waals surface area contributed by atoms with Gasteiger partial charge in [0.05, 0.1) is 24.5 Å². The third-order valence-corrected chi connectivity index (χ3v) is 8.89. The maximum atomic E-state index is 12.9. The van der Waals surface area contributed by atoms with E-state index in [2.05, 4.69) is 32.8 Å². The SMILES string of the molecule is O=C(Nc1cc(NCc2cn3cc(C4CC4)cc(N4CCN(CC(F)(F)F)CC4)c3n2)ccn1)[C@H]1C[C@@H]1c1cccc(Cl)c1. The number of benzene rings is 1. The predicted molar refractivity (Wildman–Crippen MR) is 164 cm³/mol. The smallest absolute Gasteiger partial charge is 0.379 e. The monoisotopic (exact) mass is 623 g/mol. The lowest BCUT2D eigenvalue weighted by molar-refractivity contribution is -0.146. The summed E-state index contributed by atoms with van der Waals surface area (Å²) in [7, 11) is 0. The van der Waals surface area contributed by atoms with E-state index >= 15 is 0 Å². The number of carbonyl (C=O) groups is 1. The van der Waals surface area contributed by atoms with E-state index < -0.39 is 12.7 Å². The van der Waals surface area contributed by atoms with E-state index in [0.29, 0.717) is 49.5 Å². The number of nitrogens with zero attached hydrogens (tertiary/aromatic N) is 5. The lowest BCUT2D eigenvalue weighted by atomic mass is 10.1. The summed E-state index contributed by atoms with van der Waals surface area (Å²) in [5.41, 5.74) is 5.72. The highest BCUT2D eigenvalue weighted by Crippen LogP contribution is 2.48. The average Bonchev–Trinajstić information content (AvgIpc) is 3.92. The molecule has 230 valence electrons. The van der Waals surface area contributed by atoms with Crippen molar-refractivity contribution >= 4 is 40.3 Å². The Balaban J connectivity index is 1.01. The summed E-state index contributed by atoms with van der Waals surface area (Å²) >= 11 is 6.12. The molecule has 3 aliphatic rings. The van der Waals surface area contributed by atoms with Crippen molar-refractivity contribution in [2.75, 3.05) is 48.3 Å². The van der Waals surface area contributed by atoms with Gasteiger partial charge in [0.15, 0.2) is 5.65 Å². The van der Waals surface area contributed by atoms with Crippen LogP contribution in [0.5, 0.6) is 0 Å². The molecule has 2 aliphatic carbocycles. The van der Waals surface area contributed by atoms with Crippen LogP contribution in [0.1, 0.15) is 47.9 Å². The number of pyridine rings is 2. The maximum Gasteiger partial charge on any atom is 0.401 e. The Kier molecular flexibility index (Phi) is 7.62. The number of aromatic nitrogens is 3. The number of imidazole rings is 1. The van der Waals surface area contributed by atoms with E-state index in [0.717, 1.165) is 47.5 Å². The second-order valence-electron chi connectivity index (χ2n) is 12.1. The second-order valence-corrected chi connectivity index (χ2v) is 12.5. The van der Waals surface area contributed by atoms with Crippen molar-refractivity contribution in [2.45, 2.75) is 43.8 Å². The van der Waals surface area contributed by atoms with Crippen LogP contribution in [-0.4, -0.2) is 64.1 Å². The van der Waals surface area contributed by atoms with Crippen LogP contribution in [0.15, 0.2) is 61.1 Å². The Labute approximate surface area is 258 Å². The Morgan fingerprint density at radius 1 is 1.02 bits per heavy atom. The highest BCUT2D eigenvalue weighted by molar-refractivity contribution is 6.30. The number of piperazine rings is 1. The second kappa shape index (κ2) is 11.6. The largest absolute Gasteiger partial charge is 0.401 e. The van der Waals surface area contributed by atoms with E-state index in [9.17, 15) is 18.0 Å². The summed E-state index contributed by atoms with van der Waals surface area (Å²) in [6.07, 6.45) is 4.68. The van der Waals surface area contributed by atoms with E-state index in [1.807, 2.05) is 47.0 Å². The zero-order chi connectivity index (χ0) is 30.4. The molecule has 0 bridgehead atoms. The molecule has 1 amide bonds. The van der Waals surface area contributed by atoms with Gasteiger partial charge >= 0.3 is 6.18 Å². The molecule has 0 spiro atoms. The molecule has 0 radical (unpaired) electrons. The van der Waals surface area contributed by atoms with Gasteiger partial charge in [0.2, 0.25) is 5.91 Å². The number of nitrogens with one attached hydrogen (secondary N) is 2. The Morgan fingerprint density at radius 3 is 2.59 bits per heavy atom. The molecule has 4 heterocycles. The highest BCUT2D eigenvalue weighted by Gasteiger charge is 2.44. The van der Waals surface area contributed by atoms with E-state index in [1.165, 1.54) is 10.5 Å². The molecule has 1 saturated heterocycles. The summed E-state index contributed by atoms with van der Waals surface area (Å²) in [4.78, 5) is 25.8. The molecule has 4 aromatic rings. The lowest BCUT2D eigenvalue weighted by Crippen LogP contribution is -2.49. The van der Waals surface area contributed by atoms with Crippen molar-refractivity contribution in [3.8, 4) is 0 Å². The molecule has 2 saturated carbocycles. The van der Waals surface area contributed by atoms with Crippen LogP contribution in [0.25, 0.3) is 5.65 Å². The summed E-state index contributed by atoms with van der Waals surface area (Å²) in [6.45, 7) is 1.34. The fourth-order valence-electron chi connectivity index (χ4n) is 6.12. The van der Waals surface area contributed by atoms with Crippen molar-refractivity contribution in [1.82, 2.24) is 19.3 Å². The van der Waals surface area contributed by atoms with Crippen molar-refractivity contribution < 1.29 is 18.0 Å². The molecule has 1 aliphatic heterocycles. The highest BCUT2D eigenvalue weighted by atomic mass is 35.5. The maximum absolute atomic E-state index is 12.9. The quantitative estimate of drug-likeness (QED) is 0.228. The zero-order valence-electron chi connectivity index (χ0n) is 24.0. The van der Waals surface area contributed by atoms with Gasteiger partial charge in [-0.1, -0.05) is 23.7 Å². The van der Waals surface area contributed by atoms with Gasteiger partial charge < -0.3 is 19.9 Å². The molecule has 3 fully saturated rings. The minimum Gasteiger partial charge on any atom is -0.379 e. The summed E-state index contributed by atoms with van der Waals surface area (Å²) in [6, 6.07) is 13.5. The normalized spacial score (nSPS) is 20.6. The number of amides is 1. The van der Waals surface area contributed by atoms with Gasteiger partial charge in [-0.05, 0) is 66.5 Å². The van der Waals surface area contributed by atoms with Crippen LogP contribution >= 0.6 is 11.6 Å². The number of rotatable bonds is 9. The number of halogens is 4. The van der Waals surface area contributed by atoms with Crippen molar-refractivity contribution in [3.05, 3.63) is 82.9 Å². The molecule has 7 rings (SSSR count). The Morgan fingerprint density at radius 2 is 1.84 bits per heavy atom. The minimum atomic E-state index is -4.19. The van der Waals surface area contributed by atoms with Gasteiger partial charge in [0, 0.05) is 67.5 Å². The van der Waals surface area contributed by atoms with Crippen LogP contribution in [0.2, 0.25) is 5.02 Å². The first-order valence-corrected chi connectivity index (χ1v) is 15.4. The fraction of sp³-hybridized carbons (Fsp3) is 0.406. The minimum absolute atomic E-state index is 0.0572. The molecule has 12 heteroatoms. The van der Waals surface area contributed by atoms with Crippen LogP contribution in [0.4, 0.5) is 30.4 Å². The molecule has 3 aromatic heterocycles. The number of alkyl halides is 3. The molecule has 0 unspecified atom stereocenters. The predicted octanol–water partition coefficient (Wildman–Crippen LogP) is 6.30. The third kappa shape index (κ3) is 6.63. The molecular formula is C32H33ClF3N7O. The first kappa shape index (κ1) is 28.9. The third-order valence-electron chi connectivity index (χ3n) is 8.66. The molecule has 2 N–H and O–H groups in total. The van der Waals surface area contributed by atoms with Gasteiger partial charge in [0.1, 0.15) is 5.82 Å². The first-order valence-electron chi connectivity index (χ1n) is 15.0. The first-order chi connectivity index (χ1) is 21.2. The van der Waals surface area contributed by atoms with E-state index in [-0.39, 0.29) is 17.7 Å².